The molecule has 0 atom stereocenters. The number of H-pyrrole nitrogens is 1. The Balaban J connectivity index is 1.47. The maximum atomic E-state index is 12.1. The second-order valence-electron chi connectivity index (χ2n) is 5.51. The van der Waals surface area contributed by atoms with Crippen LogP contribution >= 0.6 is 0 Å². The van der Waals surface area contributed by atoms with Crippen LogP contribution in [0.3, 0.4) is 0 Å². The van der Waals surface area contributed by atoms with Crippen LogP contribution in [0.5, 0.6) is 0 Å². The van der Waals surface area contributed by atoms with Crippen molar-refractivity contribution in [2.24, 2.45) is 0 Å². The molecular formula is C16H15N5O2. The Kier molecular flexibility index (Phi) is 3.38. The van der Waals surface area contributed by atoms with Gasteiger partial charge in [0.15, 0.2) is 5.82 Å². The third-order valence-corrected chi connectivity index (χ3v) is 3.79. The van der Waals surface area contributed by atoms with E-state index >= 15 is 0 Å². The molecule has 1 aliphatic carbocycles. The van der Waals surface area contributed by atoms with E-state index in [1.807, 2.05) is 24.3 Å². The lowest BCUT2D eigenvalue weighted by molar-refractivity contribution is 0.0907. The summed E-state index contributed by atoms with van der Waals surface area (Å²) < 4.78 is 5.03. The van der Waals surface area contributed by atoms with E-state index < -0.39 is 0 Å². The molecule has 0 unspecified atom stereocenters. The van der Waals surface area contributed by atoms with Gasteiger partial charge in [0.1, 0.15) is 5.82 Å². The van der Waals surface area contributed by atoms with Gasteiger partial charge in [-0.1, -0.05) is 29.4 Å². The van der Waals surface area contributed by atoms with Gasteiger partial charge in [-0.25, -0.2) is 4.98 Å². The van der Waals surface area contributed by atoms with Crippen LogP contribution in [0.15, 0.2) is 41.2 Å². The number of imidazole rings is 1. The molecule has 0 saturated heterocycles. The number of hydrogen-bond acceptors (Lipinski definition) is 5. The van der Waals surface area contributed by atoms with Crippen molar-refractivity contribution in [1.82, 2.24) is 25.4 Å². The fourth-order valence-corrected chi connectivity index (χ4v) is 2.40. The van der Waals surface area contributed by atoms with Crippen molar-refractivity contribution in [1.29, 1.82) is 0 Å². The summed E-state index contributed by atoms with van der Waals surface area (Å²) in [6.07, 6.45) is 5.60. The first-order chi connectivity index (χ1) is 11.3. The van der Waals surface area contributed by atoms with Gasteiger partial charge in [0, 0.05) is 30.4 Å². The summed E-state index contributed by atoms with van der Waals surface area (Å²) in [7, 11) is 0. The molecule has 4 rings (SSSR count). The van der Waals surface area contributed by atoms with E-state index in [2.05, 4.69) is 25.4 Å². The largest absolute Gasteiger partial charge is 0.345 e. The third kappa shape index (κ3) is 2.85. The van der Waals surface area contributed by atoms with Crippen molar-refractivity contribution >= 4 is 5.91 Å². The number of carbonyl (C=O) groups excluding carboxylic acids is 1. The summed E-state index contributed by atoms with van der Waals surface area (Å²) in [5.74, 6) is 1.41. The van der Waals surface area contributed by atoms with Crippen LogP contribution < -0.4 is 5.32 Å². The monoisotopic (exact) mass is 309 g/mol. The first-order valence-electron chi connectivity index (χ1n) is 7.51. The van der Waals surface area contributed by atoms with Crippen molar-refractivity contribution in [3.8, 4) is 11.4 Å². The summed E-state index contributed by atoms with van der Waals surface area (Å²) in [5.41, 5.74) is 1.90. The number of aromatic amines is 1. The molecule has 1 fully saturated rings. The summed E-state index contributed by atoms with van der Waals surface area (Å²) in [4.78, 5) is 23.6. The summed E-state index contributed by atoms with van der Waals surface area (Å²) in [5, 5.41) is 6.66. The van der Waals surface area contributed by atoms with Gasteiger partial charge in [0.2, 0.25) is 0 Å². The van der Waals surface area contributed by atoms with Gasteiger partial charge in [0.25, 0.3) is 0 Å². The molecule has 116 valence electrons. The number of amides is 1. The fraction of sp³-hybridized carbons (Fsp3) is 0.250. The number of aromatic nitrogens is 4. The predicted molar refractivity (Wildman–Crippen MR) is 81.5 cm³/mol. The molecule has 23 heavy (non-hydrogen) atoms. The number of benzene rings is 1. The molecule has 7 nitrogen and oxygen atoms in total. The van der Waals surface area contributed by atoms with Gasteiger partial charge in [-0.3, -0.25) is 4.79 Å². The number of nitrogens with zero attached hydrogens (tertiary/aromatic N) is 3. The fourth-order valence-electron chi connectivity index (χ4n) is 2.40. The Hall–Kier alpha value is -2.96. The van der Waals surface area contributed by atoms with Crippen molar-refractivity contribution in [2.45, 2.75) is 25.3 Å². The highest BCUT2D eigenvalue weighted by atomic mass is 16.5. The Bertz CT molecular complexity index is 821. The molecule has 0 radical (unpaired) electrons. The number of nitrogens with one attached hydrogen (secondary N) is 2. The maximum absolute atomic E-state index is 12.1. The molecule has 2 N–H and O–H groups in total. The van der Waals surface area contributed by atoms with Gasteiger partial charge in [-0.2, -0.15) is 4.98 Å². The highest BCUT2D eigenvalue weighted by molar-refractivity contribution is 5.89. The van der Waals surface area contributed by atoms with Gasteiger partial charge >= 0.3 is 11.8 Å². The second-order valence-corrected chi connectivity index (χ2v) is 5.51. The third-order valence-electron chi connectivity index (χ3n) is 3.79. The van der Waals surface area contributed by atoms with Crippen LogP contribution in [-0.4, -0.2) is 26.0 Å². The van der Waals surface area contributed by atoms with Crippen LogP contribution in [0.4, 0.5) is 0 Å². The molecule has 2 aromatic heterocycles. The zero-order valence-electron chi connectivity index (χ0n) is 12.3. The van der Waals surface area contributed by atoms with E-state index in [0.717, 1.165) is 29.8 Å². The molecule has 1 aromatic carbocycles. The van der Waals surface area contributed by atoms with Crippen molar-refractivity contribution in [2.75, 3.05) is 0 Å². The van der Waals surface area contributed by atoms with E-state index in [0.29, 0.717) is 18.3 Å². The van der Waals surface area contributed by atoms with E-state index in [9.17, 15) is 4.79 Å². The average Bonchev–Trinajstić information content (AvgIpc) is 3.10. The van der Waals surface area contributed by atoms with E-state index in [-0.39, 0.29) is 11.8 Å². The maximum Gasteiger partial charge on any atom is 0.315 e. The number of hydrogen-bond donors (Lipinski definition) is 2. The van der Waals surface area contributed by atoms with Crippen LogP contribution in [0.2, 0.25) is 0 Å². The smallest absolute Gasteiger partial charge is 0.315 e. The molecule has 1 aliphatic rings. The lowest BCUT2D eigenvalue weighted by atomic mass is 10.1. The molecule has 3 aromatic rings. The Morgan fingerprint density at radius 3 is 3.00 bits per heavy atom. The van der Waals surface area contributed by atoms with Crippen molar-refractivity contribution in [3.05, 3.63) is 53.9 Å². The van der Waals surface area contributed by atoms with E-state index in [1.165, 1.54) is 0 Å². The molecule has 7 heteroatoms. The molecule has 2 heterocycles. The topological polar surface area (TPSA) is 96.7 Å². The number of rotatable bonds is 5. The predicted octanol–water partition coefficient (Wildman–Crippen LogP) is 2.27. The Labute approximate surface area is 132 Å². The van der Waals surface area contributed by atoms with Gasteiger partial charge in [-0.15, -0.1) is 0 Å². The summed E-state index contributed by atoms with van der Waals surface area (Å²) >= 11 is 0. The zero-order valence-corrected chi connectivity index (χ0v) is 12.3. The number of carbonyl (C=O) groups is 1. The summed E-state index contributed by atoms with van der Waals surface area (Å²) in [6, 6.07) is 7.76. The first-order valence-corrected chi connectivity index (χ1v) is 7.51. The molecule has 0 spiro atoms. The van der Waals surface area contributed by atoms with E-state index in [1.54, 1.807) is 12.4 Å². The lowest BCUT2D eigenvalue weighted by Gasteiger charge is -2.07. The molecule has 1 saturated carbocycles. The minimum atomic E-state index is -0.362. The highest BCUT2D eigenvalue weighted by Crippen LogP contribution is 2.38. The lowest BCUT2D eigenvalue weighted by Crippen LogP contribution is -2.23. The Morgan fingerprint density at radius 2 is 2.22 bits per heavy atom. The standard InChI is InChI=1S/C16H15N5O2/c22-15(16-20-13(21-23-16)10-5-6-10)19-9-11-3-1-2-4-12(11)14-17-7-8-18-14/h1-4,7-8,10H,5-6,9H2,(H,17,18)(H,19,22). The Morgan fingerprint density at radius 1 is 1.35 bits per heavy atom. The van der Waals surface area contributed by atoms with Crippen LogP contribution in [-0.2, 0) is 6.54 Å². The molecular weight excluding hydrogens is 294 g/mol. The second kappa shape index (κ2) is 5.68. The quantitative estimate of drug-likeness (QED) is 0.753. The van der Waals surface area contributed by atoms with Gasteiger partial charge < -0.3 is 14.8 Å². The normalized spacial score (nSPS) is 13.9. The SMILES string of the molecule is O=C(NCc1ccccc1-c1ncc[nH]1)c1nc(C2CC2)no1. The van der Waals surface area contributed by atoms with Crippen LogP contribution in [0, 0.1) is 0 Å². The minimum absolute atomic E-state index is 0.0161. The first kappa shape index (κ1) is 13.7. The average molecular weight is 309 g/mol. The van der Waals surface area contributed by atoms with Gasteiger partial charge in [0.05, 0.1) is 0 Å². The minimum Gasteiger partial charge on any atom is -0.345 e. The van der Waals surface area contributed by atoms with Crippen molar-refractivity contribution < 1.29 is 9.32 Å². The highest BCUT2D eigenvalue weighted by Gasteiger charge is 2.29. The molecule has 0 aliphatic heterocycles. The van der Waals surface area contributed by atoms with Crippen LogP contribution in [0.25, 0.3) is 11.4 Å². The summed E-state index contributed by atoms with van der Waals surface area (Å²) in [6.45, 7) is 0.358. The van der Waals surface area contributed by atoms with Crippen molar-refractivity contribution in [3.63, 3.8) is 0 Å². The van der Waals surface area contributed by atoms with E-state index in [4.69, 9.17) is 4.52 Å². The zero-order chi connectivity index (χ0) is 15.6. The van der Waals surface area contributed by atoms with Gasteiger partial charge in [-0.05, 0) is 18.4 Å². The molecule has 0 bridgehead atoms. The molecule has 1 amide bonds. The van der Waals surface area contributed by atoms with Crippen LogP contribution in [0.1, 0.15) is 40.8 Å².